The number of aliphatic carboxylic acids is 1. The van der Waals surface area contributed by atoms with Crippen LogP contribution in [0, 0.1) is 5.92 Å². The van der Waals surface area contributed by atoms with Gasteiger partial charge >= 0.3 is 5.97 Å². The fourth-order valence-electron chi connectivity index (χ4n) is 3.03. The number of carboxylic acid groups (broad SMARTS) is 1. The topological polar surface area (TPSA) is 86.3 Å². The van der Waals surface area contributed by atoms with Crippen LogP contribution in [-0.4, -0.2) is 44.4 Å². The molecule has 2 unspecified atom stereocenters. The van der Waals surface area contributed by atoms with E-state index < -0.39 is 12.0 Å². The summed E-state index contributed by atoms with van der Waals surface area (Å²) < 4.78 is 0. The second-order valence-corrected chi connectivity index (χ2v) is 5.54. The summed E-state index contributed by atoms with van der Waals surface area (Å²) >= 11 is 0. The molecule has 0 bridgehead atoms. The predicted molar refractivity (Wildman–Crippen MR) is 77.0 cm³/mol. The van der Waals surface area contributed by atoms with E-state index in [0.717, 1.165) is 23.9 Å². The molecule has 0 radical (unpaired) electrons. The lowest BCUT2D eigenvalue weighted by atomic mass is 9.90. The van der Waals surface area contributed by atoms with Gasteiger partial charge in [-0.3, -0.25) is 4.79 Å². The van der Waals surface area contributed by atoms with Gasteiger partial charge in [-0.05, 0) is 37.0 Å². The Kier molecular flexibility index (Phi) is 3.37. The van der Waals surface area contributed by atoms with Gasteiger partial charge < -0.3 is 15.0 Å². The van der Waals surface area contributed by atoms with E-state index >= 15 is 0 Å². The molecule has 1 aromatic carbocycles. The van der Waals surface area contributed by atoms with Gasteiger partial charge in [0.25, 0.3) is 5.91 Å². The Morgan fingerprint density at radius 1 is 1.43 bits per heavy atom. The summed E-state index contributed by atoms with van der Waals surface area (Å²) in [5.41, 5.74) is 2.05. The molecular formula is C15H17N3O3. The van der Waals surface area contributed by atoms with Crippen LogP contribution in [0.25, 0.3) is 11.0 Å². The molecule has 2 aromatic rings. The van der Waals surface area contributed by atoms with Crippen LogP contribution in [0.15, 0.2) is 24.5 Å². The van der Waals surface area contributed by atoms with Crippen molar-refractivity contribution in [3.05, 3.63) is 30.1 Å². The summed E-state index contributed by atoms with van der Waals surface area (Å²) in [6.07, 6.45) is 3.24. The Morgan fingerprint density at radius 2 is 2.24 bits per heavy atom. The number of carbonyl (C=O) groups is 2. The summed E-state index contributed by atoms with van der Waals surface area (Å²) in [7, 11) is 0. The van der Waals surface area contributed by atoms with Crippen molar-refractivity contribution in [3.63, 3.8) is 0 Å². The Morgan fingerprint density at radius 3 is 3.00 bits per heavy atom. The van der Waals surface area contributed by atoms with Gasteiger partial charge in [-0.1, -0.05) is 6.92 Å². The largest absolute Gasteiger partial charge is 0.480 e. The Hall–Kier alpha value is -2.37. The highest BCUT2D eigenvalue weighted by Gasteiger charge is 2.37. The highest BCUT2D eigenvalue weighted by Crippen LogP contribution is 2.25. The smallest absolute Gasteiger partial charge is 0.326 e. The van der Waals surface area contributed by atoms with E-state index in [-0.39, 0.29) is 11.8 Å². The molecule has 0 spiro atoms. The van der Waals surface area contributed by atoms with Gasteiger partial charge in [0.1, 0.15) is 6.04 Å². The number of piperidine rings is 1. The SMILES string of the molecule is CC1CCCN(C(=O)c2ccc3nc[nH]c3c2)C1C(=O)O. The lowest BCUT2D eigenvalue weighted by Crippen LogP contribution is -2.51. The van der Waals surface area contributed by atoms with Crippen molar-refractivity contribution >= 4 is 22.9 Å². The van der Waals surface area contributed by atoms with Crippen molar-refractivity contribution < 1.29 is 14.7 Å². The molecule has 2 N–H and O–H groups in total. The quantitative estimate of drug-likeness (QED) is 0.883. The fraction of sp³-hybridized carbons (Fsp3) is 0.400. The lowest BCUT2D eigenvalue weighted by Gasteiger charge is -2.37. The van der Waals surface area contributed by atoms with Crippen LogP contribution in [0.1, 0.15) is 30.1 Å². The number of nitrogens with zero attached hydrogens (tertiary/aromatic N) is 2. The molecule has 6 nitrogen and oxygen atoms in total. The maximum absolute atomic E-state index is 12.7. The molecule has 21 heavy (non-hydrogen) atoms. The number of rotatable bonds is 2. The zero-order valence-electron chi connectivity index (χ0n) is 11.7. The van der Waals surface area contributed by atoms with Crippen LogP contribution in [0.3, 0.4) is 0 Å². The number of likely N-dealkylation sites (tertiary alicyclic amines) is 1. The predicted octanol–water partition coefficient (Wildman–Crippen LogP) is 1.89. The van der Waals surface area contributed by atoms with Crippen molar-refractivity contribution in [1.82, 2.24) is 14.9 Å². The number of H-pyrrole nitrogens is 1. The van der Waals surface area contributed by atoms with E-state index in [1.807, 2.05) is 6.92 Å². The molecule has 110 valence electrons. The zero-order valence-corrected chi connectivity index (χ0v) is 11.7. The van der Waals surface area contributed by atoms with Gasteiger partial charge in [-0.2, -0.15) is 0 Å². The summed E-state index contributed by atoms with van der Waals surface area (Å²) in [6, 6.07) is 4.44. The summed E-state index contributed by atoms with van der Waals surface area (Å²) in [5, 5.41) is 9.40. The second kappa shape index (κ2) is 5.20. The van der Waals surface area contributed by atoms with E-state index in [2.05, 4.69) is 9.97 Å². The van der Waals surface area contributed by atoms with Gasteiger partial charge in [0.05, 0.1) is 17.4 Å². The third kappa shape index (κ3) is 2.37. The number of imidazole rings is 1. The van der Waals surface area contributed by atoms with Crippen LogP contribution in [-0.2, 0) is 4.79 Å². The first-order valence-corrected chi connectivity index (χ1v) is 7.05. The van der Waals surface area contributed by atoms with Crippen molar-refractivity contribution in [3.8, 4) is 0 Å². The van der Waals surface area contributed by atoms with Crippen molar-refractivity contribution in [2.45, 2.75) is 25.8 Å². The average Bonchev–Trinajstić information content (AvgIpc) is 2.93. The monoisotopic (exact) mass is 287 g/mol. The molecule has 1 aliphatic heterocycles. The standard InChI is InChI=1S/C15H17N3O3/c1-9-3-2-6-18(13(9)15(20)21)14(19)10-4-5-11-12(7-10)17-8-16-11/h4-5,7-9,13H,2-3,6H2,1H3,(H,16,17)(H,20,21). The molecule has 1 amide bonds. The minimum absolute atomic E-state index is 0.0314. The first-order chi connectivity index (χ1) is 10.1. The van der Waals surface area contributed by atoms with Gasteiger partial charge in [-0.15, -0.1) is 0 Å². The minimum Gasteiger partial charge on any atom is -0.480 e. The number of carbonyl (C=O) groups excluding carboxylic acids is 1. The van der Waals surface area contributed by atoms with E-state index in [1.54, 1.807) is 24.5 Å². The molecule has 1 aliphatic rings. The number of amides is 1. The van der Waals surface area contributed by atoms with E-state index in [0.29, 0.717) is 12.1 Å². The van der Waals surface area contributed by atoms with Crippen LogP contribution in [0.4, 0.5) is 0 Å². The number of benzene rings is 1. The number of aromatic nitrogens is 2. The first kappa shape index (κ1) is 13.6. The number of carboxylic acids is 1. The summed E-state index contributed by atoms with van der Waals surface area (Å²) in [4.78, 5) is 32.7. The normalized spacial score (nSPS) is 22.4. The fourth-order valence-corrected chi connectivity index (χ4v) is 3.03. The van der Waals surface area contributed by atoms with Crippen LogP contribution >= 0.6 is 0 Å². The minimum atomic E-state index is -0.932. The first-order valence-electron chi connectivity index (χ1n) is 7.05. The third-order valence-corrected chi connectivity index (χ3v) is 4.11. The molecule has 0 aliphatic carbocycles. The number of fused-ring (bicyclic) bond motifs is 1. The third-order valence-electron chi connectivity index (χ3n) is 4.11. The molecule has 2 heterocycles. The summed E-state index contributed by atoms with van der Waals surface area (Å²) in [6.45, 7) is 2.37. The van der Waals surface area contributed by atoms with Gasteiger partial charge in [0.15, 0.2) is 0 Å². The molecule has 3 rings (SSSR count). The van der Waals surface area contributed by atoms with Crippen molar-refractivity contribution in [2.24, 2.45) is 5.92 Å². The molecule has 6 heteroatoms. The highest BCUT2D eigenvalue weighted by atomic mass is 16.4. The number of aromatic amines is 1. The maximum Gasteiger partial charge on any atom is 0.326 e. The molecule has 2 atom stereocenters. The molecule has 1 saturated heterocycles. The summed E-state index contributed by atoms with van der Waals surface area (Å²) in [5.74, 6) is -1.19. The molecular weight excluding hydrogens is 270 g/mol. The second-order valence-electron chi connectivity index (χ2n) is 5.54. The van der Waals surface area contributed by atoms with E-state index in [9.17, 15) is 14.7 Å². The molecule has 1 fully saturated rings. The van der Waals surface area contributed by atoms with Crippen LogP contribution < -0.4 is 0 Å². The number of nitrogens with one attached hydrogen (secondary N) is 1. The van der Waals surface area contributed by atoms with Crippen molar-refractivity contribution in [2.75, 3.05) is 6.54 Å². The number of hydrogen-bond donors (Lipinski definition) is 2. The number of hydrogen-bond acceptors (Lipinski definition) is 3. The van der Waals surface area contributed by atoms with Crippen molar-refractivity contribution in [1.29, 1.82) is 0 Å². The lowest BCUT2D eigenvalue weighted by molar-refractivity contribution is -0.145. The van der Waals surface area contributed by atoms with Crippen LogP contribution in [0.5, 0.6) is 0 Å². The Balaban J connectivity index is 1.93. The Labute approximate surface area is 121 Å². The average molecular weight is 287 g/mol. The van der Waals surface area contributed by atoms with E-state index in [4.69, 9.17) is 0 Å². The Bertz CT molecular complexity index is 694. The molecule has 0 saturated carbocycles. The molecule has 1 aromatic heterocycles. The van der Waals surface area contributed by atoms with Gasteiger partial charge in [0.2, 0.25) is 0 Å². The van der Waals surface area contributed by atoms with E-state index in [1.165, 1.54) is 4.90 Å². The highest BCUT2D eigenvalue weighted by molar-refractivity contribution is 5.99. The van der Waals surface area contributed by atoms with Crippen LogP contribution in [0.2, 0.25) is 0 Å². The zero-order chi connectivity index (χ0) is 15.0. The van der Waals surface area contributed by atoms with Gasteiger partial charge in [0, 0.05) is 12.1 Å². The maximum atomic E-state index is 12.7. The van der Waals surface area contributed by atoms with Gasteiger partial charge in [-0.25, -0.2) is 9.78 Å².